The topological polar surface area (TPSA) is 73.6 Å². The van der Waals surface area contributed by atoms with Crippen molar-refractivity contribution in [2.45, 2.75) is 46.1 Å². The Kier molecular flexibility index (Phi) is 7.11. The fourth-order valence-corrected chi connectivity index (χ4v) is 3.04. The molecule has 0 unspecified atom stereocenters. The van der Waals surface area contributed by atoms with Crippen molar-refractivity contribution < 1.29 is 18.8 Å². The summed E-state index contributed by atoms with van der Waals surface area (Å²) < 4.78 is 16.9. The molecule has 3 aromatic rings. The van der Waals surface area contributed by atoms with E-state index in [0.717, 1.165) is 29.5 Å². The average molecular weight is 396 g/mol. The quantitative estimate of drug-likeness (QED) is 0.532. The van der Waals surface area contributed by atoms with Crippen LogP contribution in [-0.4, -0.2) is 24.3 Å². The molecule has 1 amide bonds. The Balaban J connectivity index is 1.68. The van der Waals surface area contributed by atoms with Crippen LogP contribution in [0.15, 0.2) is 47.0 Å². The van der Waals surface area contributed by atoms with E-state index in [4.69, 9.17) is 14.0 Å². The summed E-state index contributed by atoms with van der Waals surface area (Å²) in [6.07, 6.45) is 2.01. The molecule has 1 N–H and O–H groups in total. The molecule has 0 saturated heterocycles. The predicted molar refractivity (Wildman–Crippen MR) is 112 cm³/mol. The maximum atomic E-state index is 12.6. The number of carbonyl (C=O) groups excluding carboxylic acids is 1. The first-order chi connectivity index (χ1) is 14.1. The molecule has 1 aromatic heterocycles. The molecule has 2 aromatic carbocycles. The molecule has 0 spiro atoms. The Labute approximate surface area is 171 Å². The van der Waals surface area contributed by atoms with Crippen molar-refractivity contribution >= 4 is 16.9 Å². The van der Waals surface area contributed by atoms with E-state index in [1.807, 2.05) is 49.4 Å². The molecule has 0 radical (unpaired) electrons. The number of benzene rings is 2. The third-order valence-electron chi connectivity index (χ3n) is 4.55. The second-order valence-corrected chi connectivity index (χ2v) is 6.99. The summed E-state index contributed by atoms with van der Waals surface area (Å²) in [5.74, 6) is 1.33. The number of carbonyl (C=O) groups is 1. The number of nitrogens with zero attached hydrogens (tertiary/aromatic N) is 1. The van der Waals surface area contributed by atoms with Gasteiger partial charge in [0.05, 0.1) is 25.7 Å². The van der Waals surface area contributed by atoms with E-state index >= 15 is 0 Å². The van der Waals surface area contributed by atoms with Gasteiger partial charge in [0, 0.05) is 5.39 Å². The number of nitrogens with one attached hydrogen (secondary N) is 1. The highest BCUT2D eigenvalue weighted by molar-refractivity contribution is 5.86. The van der Waals surface area contributed by atoms with Gasteiger partial charge in [0.25, 0.3) is 0 Å². The number of hydrogen-bond donors (Lipinski definition) is 1. The number of hydrogen-bond acceptors (Lipinski definition) is 5. The zero-order chi connectivity index (χ0) is 20.6. The maximum Gasteiger partial charge on any atom is 0.226 e. The molecule has 154 valence electrons. The van der Waals surface area contributed by atoms with Gasteiger partial charge in [-0.3, -0.25) is 4.79 Å². The van der Waals surface area contributed by atoms with Crippen LogP contribution in [-0.2, 0) is 11.2 Å². The molecule has 3 rings (SSSR count). The van der Waals surface area contributed by atoms with Crippen LogP contribution in [0, 0.1) is 0 Å². The number of amides is 1. The van der Waals surface area contributed by atoms with Crippen molar-refractivity contribution in [1.29, 1.82) is 0 Å². The Hall–Kier alpha value is -3.02. The molecule has 0 saturated carbocycles. The first-order valence-electron chi connectivity index (χ1n) is 10.1. The molecule has 0 aliphatic carbocycles. The third kappa shape index (κ3) is 5.28. The van der Waals surface area contributed by atoms with Gasteiger partial charge in [-0.2, -0.15) is 0 Å². The summed E-state index contributed by atoms with van der Waals surface area (Å²) in [4.78, 5) is 12.6. The zero-order valence-corrected chi connectivity index (χ0v) is 17.2. The van der Waals surface area contributed by atoms with E-state index in [0.29, 0.717) is 30.2 Å². The second kappa shape index (κ2) is 9.96. The predicted octanol–water partition coefficient (Wildman–Crippen LogP) is 4.83. The van der Waals surface area contributed by atoms with Crippen molar-refractivity contribution in [3.8, 4) is 11.5 Å². The molecule has 0 bridgehead atoms. The van der Waals surface area contributed by atoms with E-state index in [1.54, 1.807) is 0 Å². The highest BCUT2D eigenvalue weighted by Gasteiger charge is 2.16. The lowest BCUT2D eigenvalue weighted by atomic mass is 10.1. The Morgan fingerprint density at radius 1 is 1.07 bits per heavy atom. The minimum absolute atomic E-state index is 0.112. The van der Waals surface area contributed by atoms with E-state index in [-0.39, 0.29) is 18.4 Å². The number of rotatable bonds is 10. The average Bonchev–Trinajstić information content (AvgIpc) is 3.13. The lowest BCUT2D eigenvalue weighted by Crippen LogP contribution is -2.28. The van der Waals surface area contributed by atoms with Crippen molar-refractivity contribution in [3.05, 3.63) is 53.7 Å². The number of para-hydroxylation sites is 1. The van der Waals surface area contributed by atoms with Gasteiger partial charge in [-0.15, -0.1) is 0 Å². The summed E-state index contributed by atoms with van der Waals surface area (Å²) >= 11 is 0. The van der Waals surface area contributed by atoms with E-state index in [1.165, 1.54) is 0 Å². The first kappa shape index (κ1) is 20.7. The van der Waals surface area contributed by atoms with Crippen LogP contribution < -0.4 is 14.8 Å². The van der Waals surface area contributed by atoms with Gasteiger partial charge in [0.2, 0.25) is 5.91 Å². The summed E-state index contributed by atoms with van der Waals surface area (Å²) in [5, 5.41) is 7.92. The van der Waals surface area contributed by atoms with E-state index < -0.39 is 0 Å². The highest BCUT2D eigenvalue weighted by Crippen LogP contribution is 2.31. The van der Waals surface area contributed by atoms with Gasteiger partial charge < -0.3 is 19.3 Å². The molecule has 29 heavy (non-hydrogen) atoms. The monoisotopic (exact) mass is 396 g/mol. The summed E-state index contributed by atoms with van der Waals surface area (Å²) in [6.45, 7) is 7.33. The van der Waals surface area contributed by atoms with Crippen LogP contribution in [0.2, 0.25) is 0 Å². The summed E-state index contributed by atoms with van der Waals surface area (Å²) in [7, 11) is 0. The van der Waals surface area contributed by atoms with Crippen molar-refractivity contribution in [2.24, 2.45) is 0 Å². The Morgan fingerprint density at radius 3 is 2.55 bits per heavy atom. The van der Waals surface area contributed by atoms with Crippen LogP contribution in [0.1, 0.15) is 50.9 Å². The zero-order valence-electron chi connectivity index (χ0n) is 17.2. The van der Waals surface area contributed by atoms with Gasteiger partial charge in [0.1, 0.15) is 5.69 Å². The van der Waals surface area contributed by atoms with Crippen LogP contribution in [0.5, 0.6) is 11.5 Å². The lowest BCUT2D eigenvalue weighted by Gasteiger charge is -2.18. The Morgan fingerprint density at radius 2 is 1.79 bits per heavy atom. The molecule has 1 atom stereocenters. The smallest absolute Gasteiger partial charge is 0.226 e. The van der Waals surface area contributed by atoms with Gasteiger partial charge >= 0.3 is 0 Å². The van der Waals surface area contributed by atoms with Crippen molar-refractivity contribution in [3.63, 3.8) is 0 Å². The fourth-order valence-electron chi connectivity index (χ4n) is 3.04. The molecule has 0 aliphatic rings. The van der Waals surface area contributed by atoms with Crippen LogP contribution in [0.25, 0.3) is 11.0 Å². The lowest BCUT2D eigenvalue weighted by molar-refractivity contribution is -0.121. The molecule has 0 aliphatic heterocycles. The van der Waals surface area contributed by atoms with E-state index in [9.17, 15) is 4.79 Å². The Bertz CT molecular complexity index is 951. The van der Waals surface area contributed by atoms with Crippen LogP contribution in [0.3, 0.4) is 0 Å². The van der Waals surface area contributed by atoms with Gasteiger partial charge in [-0.1, -0.05) is 37.2 Å². The maximum absolute atomic E-state index is 12.6. The number of fused-ring (bicyclic) bond motifs is 1. The number of aromatic nitrogens is 1. The van der Waals surface area contributed by atoms with Gasteiger partial charge in [-0.05, 0) is 49.6 Å². The highest BCUT2D eigenvalue weighted by atomic mass is 16.5. The molecular formula is C23H28N2O4. The molecule has 1 heterocycles. The number of ether oxygens (including phenoxy) is 2. The van der Waals surface area contributed by atoms with Crippen LogP contribution >= 0.6 is 0 Å². The minimum Gasteiger partial charge on any atom is -0.490 e. The molecule has 6 nitrogen and oxygen atoms in total. The van der Waals surface area contributed by atoms with Gasteiger partial charge in [0.15, 0.2) is 17.1 Å². The molecule has 6 heteroatoms. The van der Waals surface area contributed by atoms with Crippen molar-refractivity contribution in [1.82, 2.24) is 10.5 Å². The summed E-state index contributed by atoms with van der Waals surface area (Å²) in [6, 6.07) is 13.2. The van der Waals surface area contributed by atoms with E-state index in [2.05, 4.69) is 24.3 Å². The molecular weight excluding hydrogens is 368 g/mol. The van der Waals surface area contributed by atoms with Crippen LogP contribution in [0.4, 0.5) is 0 Å². The normalized spacial score (nSPS) is 12.0. The van der Waals surface area contributed by atoms with Gasteiger partial charge in [-0.25, -0.2) is 0 Å². The van der Waals surface area contributed by atoms with Crippen molar-refractivity contribution in [2.75, 3.05) is 13.2 Å². The largest absolute Gasteiger partial charge is 0.490 e. The fraction of sp³-hybridized carbons (Fsp3) is 0.391. The minimum atomic E-state index is -0.176. The SMILES string of the molecule is CCCOc1ccc([C@@H](C)NC(=O)Cc2noc3ccccc23)cc1OCCC. The molecule has 0 fully saturated rings. The second-order valence-electron chi connectivity index (χ2n) is 6.99. The first-order valence-corrected chi connectivity index (χ1v) is 10.1. The third-order valence-corrected chi connectivity index (χ3v) is 4.55. The summed E-state index contributed by atoms with van der Waals surface area (Å²) in [5.41, 5.74) is 2.28. The standard InChI is InChI=1S/C23H28N2O4/c1-4-12-27-21-11-10-17(14-22(21)28-13-5-2)16(3)24-23(26)15-19-18-8-6-7-9-20(18)29-25-19/h6-11,14,16H,4-5,12-13,15H2,1-3H3,(H,24,26)/t16-/m1/s1.